The van der Waals surface area contributed by atoms with Crippen molar-refractivity contribution in [3.8, 4) is 5.75 Å². The standard InChI is InChI=1S/C17H13FN4O2/c1-24-10-6-7-14-13(8-10)19-15(23)9-22(14)16-11-4-2-3-5-12(11)20-17(18)21-16/h2-8H,9H2,1H3,(H,19,23)/i18-1. The second kappa shape index (κ2) is 5.45. The van der Waals surface area contributed by atoms with E-state index in [9.17, 15) is 9.18 Å². The monoisotopic (exact) mass is 323 g/mol. The predicted octanol–water partition coefficient (Wildman–Crippen LogP) is 2.87. The topological polar surface area (TPSA) is 67.3 Å². The molecule has 0 bridgehead atoms. The molecule has 0 unspecified atom stereocenters. The average molecular weight is 323 g/mol. The van der Waals surface area contributed by atoms with Crippen molar-refractivity contribution in [2.75, 3.05) is 23.9 Å². The van der Waals surface area contributed by atoms with Crippen molar-refractivity contribution < 1.29 is 13.9 Å². The first-order valence-corrected chi connectivity index (χ1v) is 7.33. The smallest absolute Gasteiger partial charge is 0.311 e. The Morgan fingerprint density at radius 2 is 2.04 bits per heavy atom. The second-order valence-corrected chi connectivity index (χ2v) is 5.35. The molecule has 0 radical (unpaired) electrons. The molecule has 2 heterocycles. The van der Waals surface area contributed by atoms with E-state index in [1.807, 2.05) is 12.1 Å². The van der Waals surface area contributed by atoms with Crippen LogP contribution >= 0.6 is 0 Å². The number of anilines is 3. The highest BCUT2D eigenvalue weighted by Crippen LogP contribution is 2.38. The fourth-order valence-corrected chi connectivity index (χ4v) is 2.82. The Labute approximate surface area is 136 Å². The highest BCUT2D eigenvalue weighted by Gasteiger charge is 2.26. The number of benzene rings is 2. The number of rotatable bonds is 2. The summed E-state index contributed by atoms with van der Waals surface area (Å²) >= 11 is 0. The third-order valence-electron chi connectivity index (χ3n) is 3.88. The number of hydrogen-bond donors (Lipinski definition) is 1. The molecule has 0 spiro atoms. The van der Waals surface area contributed by atoms with Gasteiger partial charge < -0.3 is 15.0 Å². The van der Waals surface area contributed by atoms with Crippen LogP contribution in [0.25, 0.3) is 10.9 Å². The quantitative estimate of drug-likeness (QED) is 0.735. The van der Waals surface area contributed by atoms with Crippen LogP contribution in [0, 0.1) is 6.08 Å². The lowest BCUT2D eigenvalue weighted by Gasteiger charge is -2.30. The van der Waals surface area contributed by atoms with E-state index in [1.54, 1.807) is 42.3 Å². The molecule has 0 aliphatic carbocycles. The molecule has 0 fully saturated rings. The highest BCUT2D eigenvalue weighted by molar-refractivity contribution is 6.05. The van der Waals surface area contributed by atoms with Crippen molar-refractivity contribution in [3.63, 3.8) is 0 Å². The van der Waals surface area contributed by atoms with Gasteiger partial charge in [0.2, 0.25) is 5.91 Å². The summed E-state index contributed by atoms with van der Waals surface area (Å²) in [6.45, 7) is 0.0414. The Morgan fingerprint density at radius 3 is 2.88 bits per heavy atom. The van der Waals surface area contributed by atoms with Gasteiger partial charge in [0.15, 0.2) is 0 Å². The SMILES string of the molecule is COc1ccc2c(c1)NC(=O)CN2c1nc([18F])nc2ccccc12. The summed E-state index contributed by atoms with van der Waals surface area (Å²) in [5, 5.41) is 3.48. The van der Waals surface area contributed by atoms with E-state index in [2.05, 4.69) is 15.3 Å². The zero-order chi connectivity index (χ0) is 16.7. The molecule has 0 saturated heterocycles. The second-order valence-electron chi connectivity index (χ2n) is 5.35. The summed E-state index contributed by atoms with van der Waals surface area (Å²) in [7, 11) is 1.55. The van der Waals surface area contributed by atoms with Gasteiger partial charge in [-0.05, 0) is 24.3 Å². The van der Waals surface area contributed by atoms with E-state index in [-0.39, 0.29) is 12.5 Å². The van der Waals surface area contributed by atoms with E-state index in [1.165, 1.54) is 0 Å². The molecular formula is C17H13FN4O2. The number of halogens is 1. The number of fused-ring (bicyclic) bond motifs is 2. The minimum absolute atomic E-state index is 0.0414. The third-order valence-corrected chi connectivity index (χ3v) is 3.88. The number of nitrogens with zero attached hydrogens (tertiary/aromatic N) is 3. The van der Waals surface area contributed by atoms with Gasteiger partial charge in [0.25, 0.3) is 0 Å². The van der Waals surface area contributed by atoms with Crippen molar-refractivity contribution in [3.05, 3.63) is 48.5 Å². The third kappa shape index (κ3) is 2.30. The van der Waals surface area contributed by atoms with Crippen LogP contribution in [0.5, 0.6) is 5.75 Å². The van der Waals surface area contributed by atoms with E-state index in [0.717, 1.165) is 5.69 Å². The van der Waals surface area contributed by atoms with E-state index < -0.39 is 6.08 Å². The van der Waals surface area contributed by atoms with Gasteiger partial charge in [-0.3, -0.25) is 4.79 Å². The number of para-hydroxylation sites is 1. The number of ether oxygens (including phenoxy) is 1. The van der Waals surface area contributed by atoms with E-state index in [4.69, 9.17) is 4.74 Å². The minimum atomic E-state index is -0.829. The molecule has 1 aromatic heterocycles. The summed E-state index contributed by atoms with van der Waals surface area (Å²) in [5.74, 6) is 0.771. The van der Waals surface area contributed by atoms with Crippen molar-refractivity contribution in [1.82, 2.24) is 9.97 Å². The maximum atomic E-state index is 13.9. The molecule has 3 aromatic rings. The lowest BCUT2D eigenvalue weighted by molar-refractivity contribution is -0.115. The normalized spacial score (nSPS) is 13.6. The molecule has 1 aliphatic rings. The van der Waals surface area contributed by atoms with Crippen LogP contribution in [-0.4, -0.2) is 29.5 Å². The summed E-state index contributed by atoms with van der Waals surface area (Å²) in [5.41, 5.74) is 1.80. The van der Waals surface area contributed by atoms with Gasteiger partial charge in [-0.2, -0.15) is 9.37 Å². The number of methoxy groups -OCH3 is 1. The van der Waals surface area contributed by atoms with Crippen LogP contribution in [0.4, 0.5) is 21.6 Å². The number of nitrogens with one attached hydrogen (secondary N) is 1. The molecule has 24 heavy (non-hydrogen) atoms. The lowest BCUT2D eigenvalue weighted by Crippen LogP contribution is -2.35. The number of carbonyl (C=O) groups excluding carboxylic acids is 1. The zero-order valence-corrected chi connectivity index (χ0v) is 12.8. The Bertz CT molecular complexity index is 960. The van der Waals surface area contributed by atoms with Gasteiger partial charge in [-0.25, -0.2) is 4.98 Å². The molecule has 2 aromatic carbocycles. The molecule has 1 amide bonds. The molecule has 0 saturated carbocycles. The Balaban J connectivity index is 1.94. The van der Waals surface area contributed by atoms with Crippen LogP contribution in [0.3, 0.4) is 0 Å². The molecule has 1 N–H and O–H groups in total. The first-order valence-electron chi connectivity index (χ1n) is 7.33. The van der Waals surface area contributed by atoms with Crippen molar-refractivity contribution in [2.45, 2.75) is 0 Å². The van der Waals surface area contributed by atoms with Gasteiger partial charge in [-0.1, -0.05) is 12.1 Å². The van der Waals surface area contributed by atoms with Gasteiger partial charge in [0, 0.05) is 11.5 Å². The molecule has 120 valence electrons. The van der Waals surface area contributed by atoms with Crippen LogP contribution in [-0.2, 0) is 4.79 Å². The van der Waals surface area contributed by atoms with Gasteiger partial charge in [0.1, 0.15) is 18.1 Å². The Kier molecular flexibility index (Phi) is 3.26. The van der Waals surface area contributed by atoms with Crippen LogP contribution in [0.2, 0.25) is 0 Å². The maximum Gasteiger partial charge on any atom is 0.311 e. The molecular weight excluding hydrogens is 310 g/mol. The minimum Gasteiger partial charge on any atom is -0.497 e. The Hall–Kier alpha value is -3.22. The Morgan fingerprint density at radius 1 is 1.21 bits per heavy atom. The average Bonchev–Trinajstić information content (AvgIpc) is 2.59. The maximum absolute atomic E-state index is 13.9. The van der Waals surface area contributed by atoms with E-state index >= 15 is 0 Å². The predicted molar refractivity (Wildman–Crippen MR) is 88.1 cm³/mol. The van der Waals surface area contributed by atoms with Crippen LogP contribution in [0.1, 0.15) is 0 Å². The van der Waals surface area contributed by atoms with Gasteiger partial charge in [-0.15, -0.1) is 0 Å². The molecule has 0 atom stereocenters. The number of amides is 1. The summed E-state index contributed by atoms with van der Waals surface area (Å²) in [4.78, 5) is 21.5. The van der Waals surface area contributed by atoms with Crippen molar-refractivity contribution in [1.29, 1.82) is 0 Å². The first kappa shape index (κ1) is 14.4. The highest BCUT2D eigenvalue weighted by atomic mass is 18.2. The van der Waals surface area contributed by atoms with Crippen LogP contribution in [0.15, 0.2) is 42.5 Å². The van der Waals surface area contributed by atoms with Crippen molar-refractivity contribution in [2.24, 2.45) is 0 Å². The van der Waals surface area contributed by atoms with Crippen molar-refractivity contribution >= 4 is 34.0 Å². The molecule has 1 aliphatic heterocycles. The summed E-state index contributed by atoms with van der Waals surface area (Å²) in [6, 6.07) is 12.4. The number of hydrogen-bond acceptors (Lipinski definition) is 5. The van der Waals surface area contributed by atoms with Crippen LogP contribution < -0.4 is 15.0 Å². The fraction of sp³-hybridized carbons (Fsp3) is 0.118. The lowest BCUT2D eigenvalue weighted by atomic mass is 10.1. The summed E-state index contributed by atoms with van der Waals surface area (Å²) in [6.07, 6.45) is -0.829. The first-order chi connectivity index (χ1) is 11.7. The van der Waals surface area contributed by atoms with Gasteiger partial charge >= 0.3 is 6.08 Å². The molecule has 6 nitrogen and oxygen atoms in total. The molecule has 7 heteroatoms. The summed E-state index contributed by atoms with van der Waals surface area (Å²) < 4.78 is 19.1. The fourth-order valence-electron chi connectivity index (χ4n) is 2.82. The number of carbonyl (C=O) groups is 1. The largest absolute Gasteiger partial charge is 0.497 e. The zero-order valence-electron chi connectivity index (χ0n) is 12.8. The van der Waals surface area contributed by atoms with Gasteiger partial charge in [0.05, 0.1) is 24.0 Å². The van der Waals surface area contributed by atoms with E-state index in [0.29, 0.717) is 28.2 Å². The number of aromatic nitrogens is 2. The molecule has 4 rings (SSSR count).